The minimum absolute atomic E-state index is 0.0786. The van der Waals surface area contributed by atoms with Gasteiger partial charge in [-0.1, -0.05) is 11.6 Å². The summed E-state index contributed by atoms with van der Waals surface area (Å²) in [5.74, 6) is 1.53. The number of methoxy groups -OCH3 is 1. The molecule has 1 saturated heterocycles. The third-order valence-corrected chi connectivity index (χ3v) is 8.12. The third-order valence-electron chi connectivity index (χ3n) is 7.79. The number of urea groups is 1. The van der Waals surface area contributed by atoms with E-state index in [1.807, 2.05) is 0 Å². The Balaban J connectivity index is 1.11. The number of piperazine rings is 1. The number of rotatable bonds is 10. The number of oxazole rings is 1. The maximum atomic E-state index is 13.2. The van der Waals surface area contributed by atoms with Crippen molar-refractivity contribution < 1.29 is 31.9 Å². The van der Waals surface area contributed by atoms with E-state index in [-0.39, 0.29) is 11.7 Å². The largest absolute Gasteiger partial charge is 0.493 e. The normalized spacial score (nSPS) is 14.3. The number of amides is 2. The lowest BCUT2D eigenvalue weighted by atomic mass is 10.2. The SMILES string of the molecule is COc1cc2c(Nc3nc4ccc(NC(=O)Nc5ccc(Cl)c(C(F)(F)F)c5)cc4o3)ncnc2cc1OCCCN1CCN(C)CC1. The summed E-state index contributed by atoms with van der Waals surface area (Å²) in [6.07, 6.45) is -2.37. The van der Waals surface area contributed by atoms with Gasteiger partial charge in [0, 0.05) is 61.6 Å². The van der Waals surface area contributed by atoms with Crippen LogP contribution in [0.1, 0.15) is 12.0 Å². The van der Waals surface area contributed by atoms with Crippen LogP contribution in [0.25, 0.3) is 22.0 Å². The Morgan fingerprint density at radius 2 is 1.73 bits per heavy atom. The fourth-order valence-corrected chi connectivity index (χ4v) is 5.47. The summed E-state index contributed by atoms with van der Waals surface area (Å²) in [5.41, 5.74) is 0.634. The number of fused-ring (bicyclic) bond motifs is 2. The number of carbonyl (C=O) groups excluding carboxylic acids is 1. The lowest BCUT2D eigenvalue weighted by Gasteiger charge is -2.32. The van der Waals surface area contributed by atoms with Gasteiger partial charge in [0.25, 0.3) is 0 Å². The Bertz CT molecular complexity index is 1930. The van der Waals surface area contributed by atoms with E-state index in [9.17, 15) is 18.0 Å². The van der Waals surface area contributed by atoms with Gasteiger partial charge < -0.3 is 34.3 Å². The van der Waals surface area contributed by atoms with Crippen molar-refractivity contribution in [2.75, 3.05) is 69.4 Å². The van der Waals surface area contributed by atoms with Crippen molar-refractivity contribution in [1.29, 1.82) is 0 Å². The number of anilines is 4. The molecule has 0 saturated carbocycles. The highest BCUT2D eigenvalue weighted by molar-refractivity contribution is 6.31. The summed E-state index contributed by atoms with van der Waals surface area (Å²) in [4.78, 5) is 30.5. The minimum atomic E-state index is -4.67. The van der Waals surface area contributed by atoms with Crippen molar-refractivity contribution in [3.05, 3.63) is 65.4 Å². The van der Waals surface area contributed by atoms with E-state index in [1.165, 1.54) is 18.5 Å². The molecule has 2 amide bonds. The zero-order valence-electron chi connectivity index (χ0n) is 26.0. The average Bonchev–Trinajstić information content (AvgIpc) is 3.45. The van der Waals surface area contributed by atoms with Crippen molar-refractivity contribution >= 4 is 62.8 Å². The van der Waals surface area contributed by atoms with Gasteiger partial charge in [0.1, 0.15) is 17.7 Å². The first kappa shape index (κ1) is 33.1. The van der Waals surface area contributed by atoms with Crippen molar-refractivity contribution in [1.82, 2.24) is 24.8 Å². The topological polar surface area (TPSA) is 130 Å². The summed E-state index contributed by atoms with van der Waals surface area (Å²) in [6, 6.07) is 10.8. The van der Waals surface area contributed by atoms with E-state index < -0.39 is 22.8 Å². The summed E-state index contributed by atoms with van der Waals surface area (Å²) in [7, 11) is 3.70. The van der Waals surface area contributed by atoms with Gasteiger partial charge in [-0.15, -0.1) is 0 Å². The Labute approximate surface area is 278 Å². The second kappa shape index (κ2) is 14.1. The summed E-state index contributed by atoms with van der Waals surface area (Å²) in [5, 5.41) is 8.20. The zero-order valence-corrected chi connectivity index (χ0v) is 26.8. The highest BCUT2D eigenvalue weighted by atomic mass is 35.5. The van der Waals surface area contributed by atoms with Gasteiger partial charge in [-0.05, 0) is 49.9 Å². The Hall–Kier alpha value is -4.86. The quantitative estimate of drug-likeness (QED) is 0.134. The van der Waals surface area contributed by atoms with Gasteiger partial charge in [-0.2, -0.15) is 18.2 Å². The predicted molar refractivity (Wildman–Crippen MR) is 177 cm³/mol. The predicted octanol–water partition coefficient (Wildman–Crippen LogP) is 6.86. The molecule has 1 aliphatic heterocycles. The maximum absolute atomic E-state index is 13.2. The Morgan fingerprint density at radius 3 is 2.48 bits per heavy atom. The number of carbonyl (C=O) groups is 1. The molecule has 3 aromatic carbocycles. The molecule has 0 radical (unpaired) electrons. The molecule has 2 aromatic heterocycles. The number of hydrogen-bond donors (Lipinski definition) is 3. The molecule has 16 heteroatoms. The molecule has 3 N–H and O–H groups in total. The van der Waals surface area contributed by atoms with Crippen LogP contribution in [0.4, 0.5) is 41.2 Å². The van der Waals surface area contributed by atoms with Crippen LogP contribution in [0.15, 0.2) is 59.3 Å². The van der Waals surface area contributed by atoms with Gasteiger partial charge in [0.05, 0.1) is 29.8 Å². The fraction of sp³-hybridized carbons (Fsp3) is 0.312. The Kier molecular flexibility index (Phi) is 9.71. The molecular weight excluding hydrogens is 653 g/mol. The number of benzene rings is 3. The number of ether oxygens (including phenoxy) is 2. The first-order valence-corrected chi connectivity index (χ1v) is 15.4. The molecule has 0 spiro atoms. The number of halogens is 4. The maximum Gasteiger partial charge on any atom is 0.417 e. The molecular formula is C32H32ClF3N8O4. The van der Waals surface area contributed by atoms with E-state index in [0.29, 0.717) is 51.6 Å². The van der Waals surface area contributed by atoms with Crippen LogP contribution in [0, 0.1) is 0 Å². The molecule has 0 atom stereocenters. The molecule has 252 valence electrons. The highest BCUT2D eigenvalue weighted by Crippen LogP contribution is 2.37. The molecule has 6 rings (SSSR count). The fourth-order valence-electron chi connectivity index (χ4n) is 5.25. The first-order valence-electron chi connectivity index (χ1n) is 15.0. The number of nitrogens with one attached hydrogen (secondary N) is 3. The molecule has 1 fully saturated rings. The van der Waals surface area contributed by atoms with E-state index in [4.69, 9.17) is 25.5 Å². The number of nitrogens with zero attached hydrogens (tertiary/aromatic N) is 5. The molecule has 0 unspecified atom stereocenters. The van der Waals surface area contributed by atoms with Crippen molar-refractivity contribution in [2.45, 2.75) is 12.6 Å². The number of aromatic nitrogens is 3. The summed E-state index contributed by atoms with van der Waals surface area (Å²) in [6.45, 7) is 5.75. The van der Waals surface area contributed by atoms with E-state index in [0.717, 1.165) is 51.3 Å². The van der Waals surface area contributed by atoms with Crippen LogP contribution in [0.2, 0.25) is 5.02 Å². The molecule has 1 aliphatic rings. The van der Waals surface area contributed by atoms with Crippen LogP contribution >= 0.6 is 11.6 Å². The van der Waals surface area contributed by atoms with Gasteiger partial charge in [0.2, 0.25) is 0 Å². The van der Waals surface area contributed by atoms with Crippen LogP contribution in [0.5, 0.6) is 11.5 Å². The van der Waals surface area contributed by atoms with E-state index in [2.05, 4.69) is 47.7 Å². The van der Waals surface area contributed by atoms with Crippen LogP contribution in [-0.4, -0.2) is 84.3 Å². The van der Waals surface area contributed by atoms with Crippen molar-refractivity contribution in [3.8, 4) is 11.5 Å². The zero-order chi connectivity index (χ0) is 33.8. The third kappa shape index (κ3) is 7.81. The van der Waals surface area contributed by atoms with E-state index in [1.54, 1.807) is 31.4 Å². The van der Waals surface area contributed by atoms with Gasteiger partial charge >= 0.3 is 18.2 Å². The number of hydrogen-bond acceptors (Lipinski definition) is 10. The van der Waals surface area contributed by atoms with E-state index >= 15 is 0 Å². The number of alkyl halides is 3. The second-order valence-corrected chi connectivity index (χ2v) is 11.6. The van der Waals surface area contributed by atoms with Gasteiger partial charge in [0.15, 0.2) is 17.1 Å². The summed E-state index contributed by atoms with van der Waals surface area (Å²) >= 11 is 5.66. The Morgan fingerprint density at radius 1 is 0.979 bits per heavy atom. The average molecular weight is 685 g/mol. The number of likely N-dealkylation sites (N-methyl/N-ethyl adjacent to an activating group) is 1. The smallest absolute Gasteiger partial charge is 0.417 e. The molecule has 0 aliphatic carbocycles. The molecule has 0 bridgehead atoms. The van der Waals surface area contributed by atoms with Gasteiger partial charge in [-0.3, -0.25) is 5.32 Å². The lowest BCUT2D eigenvalue weighted by molar-refractivity contribution is -0.137. The van der Waals surface area contributed by atoms with Crippen molar-refractivity contribution in [2.24, 2.45) is 0 Å². The molecule has 48 heavy (non-hydrogen) atoms. The summed E-state index contributed by atoms with van der Waals surface area (Å²) < 4.78 is 57.1. The second-order valence-electron chi connectivity index (χ2n) is 11.2. The first-order chi connectivity index (χ1) is 23.1. The highest BCUT2D eigenvalue weighted by Gasteiger charge is 2.33. The van der Waals surface area contributed by atoms with Crippen LogP contribution < -0.4 is 25.4 Å². The lowest BCUT2D eigenvalue weighted by Crippen LogP contribution is -2.44. The standard InChI is InChI=1S/C32H32ClF3N8O4/c1-43-9-11-44(12-10-43)8-3-13-47-28-17-25-21(16-27(28)46-2)29(38-18-37-25)42-31-41-24-7-5-20(15-26(24)48-31)40-30(45)39-19-4-6-23(33)22(14-19)32(34,35)36/h4-7,14-18H,3,8-13H2,1-2H3,(H2,39,40,45)(H,37,38,41,42). The molecule has 12 nitrogen and oxygen atoms in total. The van der Waals surface area contributed by atoms with Crippen molar-refractivity contribution in [3.63, 3.8) is 0 Å². The van der Waals surface area contributed by atoms with Gasteiger partial charge in [-0.25, -0.2) is 14.8 Å². The minimum Gasteiger partial charge on any atom is -0.493 e. The molecule has 3 heterocycles. The molecule has 5 aromatic rings. The van der Waals surface area contributed by atoms with Crippen LogP contribution in [-0.2, 0) is 6.18 Å². The van der Waals surface area contributed by atoms with Crippen LogP contribution in [0.3, 0.4) is 0 Å². The monoisotopic (exact) mass is 684 g/mol.